The maximum Gasteiger partial charge on any atom is 0.263 e. The lowest BCUT2D eigenvalue weighted by atomic mass is 10.3. The summed E-state index contributed by atoms with van der Waals surface area (Å²) in [7, 11) is -3.82. The van der Waals surface area contributed by atoms with Crippen molar-refractivity contribution in [3.63, 3.8) is 0 Å². The first kappa shape index (κ1) is 15.2. The van der Waals surface area contributed by atoms with Crippen LogP contribution in [0.4, 0.5) is 10.1 Å². The summed E-state index contributed by atoms with van der Waals surface area (Å²) in [5.41, 5.74) is 5.50. The largest absolute Gasteiger partial charge is 0.326 e. The number of benzene rings is 1. The van der Waals surface area contributed by atoms with E-state index in [1.54, 1.807) is 6.92 Å². The van der Waals surface area contributed by atoms with Crippen LogP contribution in [0.15, 0.2) is 29.2 Å². The molecule has 108 valence electrons. The molecule has 0 unspecified atom stereocenters. The summed E-state index contributed by atoms with van der Waals surface area (Å²) in [5.74, 6) is -0.572. The fraction of sp³-hybridized carbons (Fsp3) is 0.167. The molecule has 0 saturated carbocycles. The third kappa shape index (κ3) is 3.12. The average Bonchev–Trinajstić information content (AvgIpc) is 2.76. The van der Waals surface area contributed by atoms with Gasteiger partial charge in [0.25, 0.3) is 10.0 Å². The van der Waals surface area contributed by atoms with E-state index in [1.807, 2.05) is 0 Å². The first-order valence-corrected chi connectivity index (χ1v) is 8.28. The van der Waals surface area contributed by atoms with Crippen LogP contribution in [-0.4, -0.2) is 8.42 Å². The molecule has 0 aliphatic carbocycles. The van der Waals surface area contributed by atoms with Crippen molar-refractivity contribution in [1.29, 1.82) is 0 Å². The first-order chi connectivity index (χ1) is 9.33. The summed E-state index contributed by atoms with van der Waals surface area (Å²) >= 11 is 7.16. The summed E-state index contributed by atoms with van der Waals surface area (Å²) in [6.07, 6.45) is 0. The van der Waals surface area contributed by atoms with Crippen molar-refractivity contribution in [3.8, 4) is 0 Å². The van der Waals surface area contributed by atoms with E-state index in [2.05, 4.69) is 4.72 Å². The normalized spacial score (nSPS) is 11.6. The minimum Gasteiger partial charge on any atom is -0.326 e. The van der Waals surface area contributed by atoms with Crippen LogP contribution in [0.25, 0.3) is 0 Å². The first-order valence-electron chi connectivity index (χ1n) is 5.60. The summed E-state index contributed by atoms with van der Waals surface area (Å²) in [4.78, 5) is 1.50. The number of aryl methyl sites for hydroxylation is 1. The highest BCUT2D eigenvalue weighted by atomic mass is 35.5. The van der Waals surface area contributed by atoms with Crippen LogP contribution in [0.1, 0.15) is 9.75 Å². The molecule has 0 amide bonds. The van der Waals surface area contributed by atoms with Gasteiger partial charge in [0.2, 0.25) is 0 Å². The number of nitrogens with two attached hydrogens (primary N) is 1. The van der Waals surface area contributed by atoms with Crippen molar-refractivity contribution in [2.45, 2.75) is 18.4 Å². The van der Waals surface area contributed by atoms with Crippen LogP contribution >= 0.6 is 22.9 Å². The van der Waals surface area contributed by atoms with Crippen LogP contribution < -0.4 is 10.5 Å². The molecule has 0 fully saturated rings. The van der Waals surface area contributed by atoms with E-state index in [1.165, 1.54) is 23.5 Å². The van der Waals surface area contributed by atoms with E-state index < -0.39 is 15.8 Å². The number of nitrogens with one attached hydrogen (secondary N) is 1. The molecule has 2 aromatic rings. The number of anilines is 1. The number of hydrogen-bond acceptors (Lipinski definition) is 4. The minimum atomic E-state index is -3.82. The fourth-order valence-corrected chi connectivity index (χ4v) is 4.47. The van der Waals surface area contributed by atoms with Crippen LogP contribution in [0.3, 0.4) is 0 Å². The van der Waals surface area contributed by atoms with Crippen molar-refractivity contribution in [2.75, 3.05) is 4.72 Å². The van der Waals surface area contributed by atoms with E-state index in [9.17, 15) is 12.8 Å². The van der Waals surface area contributed by atoms with E-state index in [0.29, 0.717) is 4.88 Å². The quantitative estimate of drug-likeness (QED) is 0.902. The average molecular weight is 335 g/mol. The van der Waals surface area contributed by atoms with E-state index >= 15 is 0 Å². The van der Waals surface area contributed by atoms with Gasteiger partial charge in [0.15, 0.2) is 0 Å². The highest BCUT2D eigenvalue weighted by Crippen LogP contribution is 2.29. The van der Waals surface area contributed by atoms with Crippen LogP contribution in [0.2, 0.25) is 5.02 Å². The Kier molecular flexibility index (Phi) is 4.33. The van der Waals surface area contributed by atoms with Crippen molar-refractivity contribution >= 4 is 38.6 Å². The molecule has 8 heteroatoms. The molecule has 1 aromatic heterocycles. The Morgan fingerprint density at radius 2 is 2.10 bits per heavy atom. The van der Waals surface area contributed by atoms with Gasteiger partial charge in [-0.15, -0.1) is 11.3 Å². The zero-order chi connectivity index (χ0) is 14.9. The molecular weight excluding hydrogens is 323 g/mol. The number of thiophene rings is 1. The van der Waals surface area contributed by atoms with E-state index in [0.717, 1.165) is 17.0 Å². The lowest BCUT2D eigenvalue weighted by Crippen LogP contribution is -2.13. The Morgan fingerprint density at radius 1 is 1.40 bits per heavy atom. The summed E-state index contributed by atoms with van der Waals surface area (Å²) in [6.45, 7) is 1.95. The van der Waals surface area contributed by atoms with Gasteiger partial charge in [0.1, 0.15) is 10.7 Å². The molecule has 0 bridgehead atoms. The number of hydrogen-bond donors (Lipinski definition) is 2. The van der Waals surface area contributed by atoms with Gasteiger partial charge in [-0.2, -0.15) is 0 Å². The standard InChI is InChI=1S/C12H12ClFN2O2S2/c1-7-12(5-9(6-15)19-7)20(17,18)16-11-4-8(14)2-3-10(11)13/h2-5,16H,6,15H2,1H3. The van der Waals surface area contributed by atoms with Crippen LogP contribution in [0, 0.1) is 12.7 Å². The topological polar surface area (TPSA) is 72.2 Å². The summed E-state index contributed by atoms with van der Waals surface area (Å²) in [5, 5.41) is 0.127. The van der Waals surface area contributed by atoms with Crippen molar-refractivity contribution in [2.24, 2.45) is 5.73 Å². The van der Waals surface area contributed by atoms with Gasteiger partial charge in [0, 0.05) is 16.3 Å². The van der Waals surface area contributed by atoms with Crippen LogP contribution in [-0.2, 0) is 16.6 Å². The zero-order valence-corrected chi connectivity index (χ0v) is 12.9. The predicted octanol–water partition coefficient (Wildman–Crippen LogP) is 3.11. The smallest absolute Gasteiger partial charge is 0.263 e. The molecule has 0 spiro atoms. The molecular formula is C12H12ClFN2O2S2. The second kappa shape index (κ2) is 5.69. The second-order valence-corrected chi connectivity index (χ2v) is 7.47. The maximum absolute atomic E-state index is 13.2. The highest BCUT2D eigenvalue weighted by molar-refractivity contribution is 7.93. The lowest BCUT2D eigenvalue weighted by molar-refractivity contribution is 0.601. The molecule has 20 heavy (non-hydrogen) atoms. The Hall–Kier alpha value is -1.15. The van der Waals surface area contributed by atoms with Crippen LogP contribution in [0.5, 0.6) is 0 Å². The molecule has 0 atom stereocenters. The highest BCUT2D eigenvalue weighted by Gasteiger charge is 2.21. The SMILES string of the molecule is Cc1sc(CN)cc1S(=O)(=O)Nc1cc(F)ccc1Cl. The Labute approximate surface area is 125 Å². The van der Waals surface area contributed by atoms with Gasteiger partial charge in [-0.25, -0.2) is 12.8 Å². The third-order valence-corrected chi connectivity index (χ3v) is 5.61. The molecule has 4 nitrogen and oxygen atoms in total. The second-order valence-electron chi connectivity index (χ2n) is 4.07. The monoisotopic (exact) mass is 334 g/mol. The Morgan fingerprint density at radius 3 is 2.70 bits per heavy atom. The summed E-state index contributed by atoms with van der Waals surface area (Å²) in [6, 6.07) is 4.99. The van der Waals surface area contributed by atoms with Crippen molar-refractivity contribution < 1.29 is 12.8 Å². The molecule has 1 heterocycles. The summed E-state index contributed by atoms with van der Waals surface area (Å²) < 4.78 is 40.0. The third-order valence-electron chi connectivity index (χ3n) is 2.59. The van der Waals surface area contributed by atoms with Crippen molar-refractivity contribution in [3.05, 3.63) is 44.9 Å². The number of halogens is 2. The zero-order valence-electron chi connectivity index (χ0n) is 10.5. The molecule has 0 aliphatic heterocycles. The predicted molar refractivity (Wildman–Crippen MR) is 79.2 cm³/mol. The van der Waals surface area contributed by atoms with Gasteiger partial charge < -0.3 is 5.73 Å². The fourth-order valence-electron chi connectivity index (χ4n) is 1.67. The molecule has 2 rings (SSSR count). The van der Waals surface area contributed by atoms with E-state index in [4.69, 9.17) is 17.3 Å². The van der Waals surface area contributed by atoms with Gasteiger partial charge in [-0.1, -0.05) is 11.6 Å². The maximum atomic E-state index is 13.2. The molecule has 3 N–H and O–H groups in total. The van der Waals surface area contributed by atoms with Gasteiger partial charge >= 0.3 is 0 Å². The van der Waals surface area contributed by atoms with Gasteiger partial charge in [0.05, 0.1) is 10.7 Å². The molecule has 0 radical (unpaired) electrons. The van der Waals surface area contributed by atoms with E-state index in [-0.39, 0.29) is 22.2 Å². The molecule has 0 saturated heterocycles. The number of sulfonamides is 1. The Bertz CT molecular complexity index is 744. The van der Waals surface area contributed by atoms with Crippen molar-refractivity contribution in [1.82, 2.24) is 0 Å². The van der Waals surface area contributed by atoms with Gasteiger partial charge in [-0.3, -0.25) is 4.72 Å². The Balaban J connectivity index is 2.40. The molecule has 1 aromatic carbocycles. The lowest BCUT2D eigenvalue weighted by Gasteiger charge is -2.09. The minimum absolute atomic E-state index is 0.00608. The molecule has 0 aliphatic rings. The number of rotatable bonds is 4. The van der Waals surface area contributed by atoms with Gasteiger partial charge in [-0.05, 0) is 31.2 Å².